The van der Waals surface area contributed by atoms with Gasteiger partial charge in [-0.3, -0.25) is 4.79 Å². The van der Waals surface area contributed by atoms with Crippen molar-refractivity contribution in [3.63, 3.8) is 0 Å². The normalized spacial score (nSPS) is 16.8. The second-order valence-electron chi connectivity index (χ2n) is 5.68. The molecule has 2 N–H and O–H groups in total. The number of nitrogens with one attached hydrogen (secondary N) is 2. The zero-order chi connectivity index (χ0) is 13.8. The van der Waals surface area contributed by atoms with E-state index in [1.54, 1.807) is 0 Å². The molecule has 1 unspecified atom stereocenters. The third kappa shape index (κ3) is 3.57. The summed E-state index contributed by atoms with van der Waals surface area (Å²) in [5.74, 6) is 0.831. The number of benzene rings is 1. The Morgan fingerprint density at radius 3 is 2.74 bits per heavy atom. The first-order valence-corrected chi connectivity index (χ1v) is 7.12. The molecule has 0 saturated carbocycles. The molecule has 1 aromatic carbocycles. The molecule has 1 heterocycles. The Morgan fingerprint density at radius 2 is 2.16 bits per heavy atom. The summed E-state index contributed by atoms with van der Waals surface area (Å²) in [4.78, 5) is 12.0. The van der Waals surface area contributed by atoms with Crippen LogP contribution in [0.25, 0.3) is 0 Å². The molecule has 104 valence electrons. The number of carbonyl (C=O) groups excluding carboxylic acids is 1. The van der Waals surface area contributed by atoms with Gasteiger partial charge in [-0.25, -0.2) is 0 Å². The van der Waals surface area contributed by atoms with Gasteiger partial charge in [-0.15, -0.1) is 0 Å². The lowest BCUT2D eigenvalue weighted by Crippen LogP contribution is -2.49. The van der Waals surface area contributed by atoms with Crippen molar-refractivity contribution in [1.29, 1.82) is 0 Å². The fourth-order valence-corrected chi connectivity index (χ4v) is 2.49. The maximum absolute atomic E-state index is 12.0. The Morgan fingerprint density at radius 1 is 1.42 bits per heavy atom. The Labute approximate surface area is 115 Å². The van der Waals surface area contributed by atoms with E-state index in [1.165, 1.54) is 16.7 Å². The summed E-state index contributed by atoms with van der Waals surface area (Å²) in [5.41, 5.74) is 3.92. The molecule has 0 spiro atoms. The predicted molar refractivity (Wildman–Crippen MR) is 78.2 cm³/mol. The fourth-order valence-electron chi connectivity index (χ4n) is 2.49. The molecule has 19 heavy (non-hydrogen) atoms. The summed E-state index contributed by atoms with van der Waals surface area (Å²) in [6.45, 7) is 8.95. The molecule has 1 saturated heterocycles. The topological polar surface area (TPSA) is 41.1 Å². The van der Waals surface area contributed by atoms with Crippen molar-refractivity contribution in [2.75, 3.05) is 19.6 Å². The molecule has 1 fully saturated rings. The Bertz CT molecular complexity index is 452. The summed E-state index contributed by atoms with van der Waals surface area (Å²) < 4.78 is 0. The van der Waals surface area contributed by atoms with Crippen LogP contribution in [0.2, 0.25) is 0 Å². The lowest BCUT2D eigenvalue weighted by Gasteiger charge is -2.31. The first-order chi connectivity index (χ1) is 9.08. The molecular weight excluding hydrogens is 236 g/mol. The van der Waals surface area contributed by atoms with Crippen molar-refractivity contribution in [3.8, 4) is 0 Å². The van der Waals surface area contributed by atoms with Gasteiger partial charge in [0, 0.05) is 12.5 Å². The van der Waals surface area contributed by atoms with Crippen LogP contribution in [0.5, 0.6) is 0 Å². The van der Waals surface area contributed by atoms with Crippen molar-refractivity contribution >= 4 is 5.91 Å². The van der Waals surface area contributed by atoms with Crippen molar-refractivity contribution in [3.05, 3.63) is 34.9 Å². The molecule has 1 aliphatic rings. The van der Waals surface area contributed by atoms with Gasteiger partial charge in [0.2, 0.25) is 5.91 Å². The zero-order valence-corrected chi connectivity index (χ0v) is 12.1. The van der Waals surface area contributed by atoms with E-state index in [9.17, 15) is 4.79 Å². The highest BCUT2D eigenvalue weighted by Crippen LogP contribution is 2.16. The molecule has 0 aromatic heterocycles. The molecule has 2 rings (SSSR count). The standard InChI is InChI=1S/C16H24N2O/c1-11-4-5-14(12(2)8-11)6-7-18-16(19)13(3)15-9-17-10-15/h4-5,8,13,15,17H,6-7,9-10H2,1-3H3,(H,18,19). The van der Waals surface area contributed by atoms with E-state index < -0.39 is 0 Å². The third-order valence-electron chi connectivity index (χ3n) is 4.13. The van der Waals surface area contributed by atoms with E-state index in [0.717, 1.165) is 26.1 Å². The Hall–Kier alpha value is -1.35. The second-order valence-corrected chi connectivity index (χ2v) is 5.68. The number of carbonyl (C=O) groups is 1. The van der Waals surface area contributed by atoms with Gasteiger partial charge in [-0.2, -0.15) is 0 Å². The SMILES string of the molecule is Cc1ccc(CCNC(=O)C(C)C2CNC2)c(C)c1. The zero-order valence-electron chi connectivity index (χ0n) is 12.1. The number of amides is 1. The van der Waals surface area contributed by atoms with Crippen LogP contribution in [0.3, 0.4) is 0 Å². The summed E-state index contributed by atoms with van der Waals surface area (Å²) in [6, 6.07) is 6.49. The molecule has 1 atom stereocenters. The largest absolute Gasteiger partial charge is 0.356 e. The van der Waals surface area contributed by atoms with Crippen LogP contribution >= 0.6 is 0 Å². The molecule has 1 amide bonds. The molecule has 0 radical (unpaired) electrons. The van der Waals surface area contributed by atoms with E-state index in [0.29, 0.717) is 5.92 Å². The van der Waals surface area contributed by atoms with Crippen LogP contribution in [-0.4, -0.2) is 25.5 Å². The highest BCUT2D eigenvalue weighted by molar-refractivity contribution is 5.78. The summed E-state index contributed by atoms with van der Waals surface area (Å²) in [7, 11) is 0. The van der Waals surface area contributed by atoms with Crippen LogP contribution in [0.4, 0.5) is 0 Å². The van der Waals surface area contributed by atoms with Crippen molar-refractivity contribution in [2.24, 2.45) is 11.8 Å². The molecular formula is C16H24N2O. The molecule has 3 nitrogen and oxygen atoms in total. The Kier molecular flexibility index (Phi) is 4.59. The van der Waals surface area contributed by atoms with E-state index in [4.69, 9.17) is 0 Å². The number of hydrogen-bond acceptors (Lipinski definition) is 2. The second kappa shape index (κ2) is 6.20. The minimum atomic E-state index is 0.125. The number of aryl methyl sites for hydroxylation is 2. The van der Waals surface area contributed by atoms with Crippen LogP contribution in [0.1, 0.15) is 23.6 Å². The maximum atomic E-state index is 12.0. The first kappa shape index (κ1) is 14.1. The van der Waals surface area contributed by atoms with Crippen molar-refractivity contribution < 1.29 is 4.79 Å². The molecule has 3 heteroatoms. The summed E-state index contributed by atoms with van der Waals surface area (Å²) >= 11 is 0. The van der Waals surface area contributed by atoms with Gasteiger partial charge < -0.3 is 10.6 Å². The minimum absolute atomic E-state index is 0.125. The monoisotopic (exact) mass is 260 g/mol. The Balaban J connectivity index is 1.77. The quantitative estimate of drug-likeness (QED) is 0.848. The van der Waals surface area contributed by atoms with Gasteiger partial charge in [0.05, 0.1) is 0 Å². The van der Waals surface area contributed by atoms with Gasteiger partial charge in [-0.05, 0) is 50.4 Å². The highest BCUT2D eigenvalue weighted by Gasteiger charge is 2.28. The molecule has 1 aliphatic heterocycles. The lowest BCUT2D eigenvalue weighted by molar-refractivity contribution is -0.126. The highest BCUT2D eigenvalue weighted by atomic mass is 16.1. The van der Waals surface area contributed by atoms with Gasteiger partial charge in [-0.1, -0.05) is 30.7 Å². The smallest absolute Gasteiger partial charge is 0.223 e. The first-order valence-electron chi connectivity index (χ1n) is 7.12. The maximum Gasteiger partial charge on any atom is 0.223 e. The van der Waals surface area contributed by atoms with E-state index in [1.807, 2.05) is 6.92 Å². The predicted octanol–water partition coefficient (Wildman–Crippen LogP) is 1.82. The van der Waals surface area contributed by atoms with Gasteiger partial charge >= 0.3 is 0 Å². The van der Waals surface area contributed by atoms with Gasteiger partial charge in [0.15, 0.2) is 0 Å². The average Bonchev–Trinajstić information content (AvgIpc) is 2.29. The summed E-state index contributed by atoms with van der Waals surface area (Å²) in [5, 5.41) is 6.27. The number of rotatable bonds is 5. The van der Waals surface area contributed by atoms with Crippen LogP contribution in [0.15, 0.2) is 18.2 Å². The van der Waals surface area contributed by atoms with Crippen molar-refractivity contribution in [2.45, 2.75) is 27.2 Å². The number of hydrogen-bond donors (Lipinski definition) is 2. The van der Waals surface area contributed by atoms with Crippen molar-refractivity contribution in [1.82, 2.24) is 10.6 Å². The van der Waals surface area contributed by atoms with Gasteiger partial charge in [0.1, 0.15) is 0 Å². The molecule has 0 aliphatic carbocycles. The van der Waals surface area contributed by atoms with E-state index >= 15 is 0 Å². The lowest BCUT2D eigenvalue weighted by atomic mass is 9.88. The van der Waals surface area contributed by atoms with Crippen LogP contribution in [-0.2, 0) is 11.2 Å². The van der Waals surface area contributed by atoms with Gasteiger partial charge in [0.25, 0.3) is 0 Å². The van der Waals surface area contributed by atoms with E-state index in [2.05, 4.69) is 42.7 Å². The summed E-state index contributed by atoms with van der Waals surface area (Å²) in [6.07, 6.45) is 0.910. The van der Waals surface area contributed by atoms with Crippen LogP contribution in [0, 0.1) is 25.7 Å². The van der Waals surface area contributed by atoms with Crippen LogP contribution < -0.4 is 10.6 Å². The third-order valence-corrected chi connectivity index (χ3v) is 4.13. The average molecular weight is 260 g/mol. The molecule has 1 aromatic rings. The van der Waals surface area contributed by atoms with E-state index in [-0.39, 0.29) is 11.8 Å². The minimum Gasteiger partial charge on any atom is -0.356 e. The fraction of sp³-hybridized carbons (Fsp3) is 0.562. The molecule has 0 bridgehead atoms.